The van der Waals surface area contributed by atoms with Gasteiger partial charge < -0.3 is 5.11 Å². The third-order valence-electron chi connectivity index (χ3n) is 5.75. The third-order valence-corrected chi connectivity index (χ3v) is 7.32. The summed E-state index contributed by atoms with van der Waals surface area (Å²) in [6.07, 6.45) is 2.77. The van der Waals surface area contributed by atoms with Crippen molar-refractivity contribution >= 4 is 15.7 Å². The number of nitrogens with zero attached hydrogens (tertiary/aromatic N) is 2. The summed E-state index contributed by atoms with van der Waals surface area (Å²) in [5, 5.41) is 10.6. The molecule has 8 heteroatoms. The summed E-state index contributed by atoms with van der Waals surface area (Å²) < 4.78 is 54.2. The molecule has 0 bridgehead atoms. The van der Waals surface area contributed by atoms with Crippen LogP contribution < -0.4 is 4.31 Å². The lowest BCUT2D eigenvalue weighted by molar-refractivity contribution is 0.119. The average molecular weight is 420 g/mol. The molecule has 29 heavy (non-hydrogen) atoms. The standard InChI is InChI=1S/C21H22F2N2O3S/c1-15-13-21(7-9-24(15)14-16-5-6-20(26)19(23)11-16)8-10-29(27,28)25(21)18-4-2-3-17(22)12-18/h2-6,8,10-12,15,26H,7,9,13-14H2,1H3/t15-,21-/m0/s1. The first-order valence-corrected chi connectivity index (χ1v) is 10.9. The third kappa shape index (κ3) is 3.62. The number of piperidine rings is 1. The second kappa shape index (κ2) is 7.11. The molecular formula is C21H22F2N2O3S. The molecule has 2 aromatic carbocycles. The highest BCUT2D eigenvalue weighted by atomic mass is 32.2. The minimum absolute atomic E-state index is 0.00891. The van der Waals surface area contributed by atoms with Gasteiger partial charge in [-0.2, -0.15) is 0 Å². The van der Waals surface area contributed by atoms with Crippen molar-refractivity contribution in [1.82, 2.24) is 4.90 Å². The molecule has 5 nitrogen and oxygen atoms in total. The second-order valence-corrected chi connectivity index (χ2v) is 9.42. The van der Waals surface area contributed by atoms with Gasteiger partial charge in [0.25, 0.3) is 10.0 Å². The van der Waals surface area contributed by atoms with Gasteiger partial charge in [-0.05, 0) is 61.7 Å². The van der Waals surface area contributed by atoms with Crippen LogP contribution in [0.1, 0.15) is 25.3 Å². The van der Waals surface area contributed by atoms with E-state index in [0.29, 0.717) is 31.6 Å². The lowest BCUT2D eigenvalue weighted by Gasteiger charge is -2.47. The zero-order valence-corrected chi connectivity index (χ0v) is 16.7. The molecule has 2 heterocycles. The molecule has 1 N–H and O–H groups in total. The Bertz CT molecular complexity index is 1070. The topological polar surface area (TPSA) is 60.9 Å². The summed E-state index contributed by atoms with van der Waals surface area (Å²) in [7, 11) is -3.68. The van der Waals surface area contributed by atoms with Gasteiger partial charge in [0.15, 0.2) is 11.6 Å². The van der Waals surface area contributed by atoms with Crippen LogP contribution in [0.3, 0.4) is 0 Å². The highest BCUT2D eigenvalue weighted by molar-refractivity contribution is 7.96. The van der Waals surface area contributed by atoms with Crippen LogP contribution in [0.4, 0.5) is 14.5 Å². The number of sulfonamides is 1. The Kier molecular flexibility index (Phi) is 4.86. The van der Waals surface area contributed by atoms with Crippen molar-refractivity contribution < 1.29 is 22.3 Å². The monoisotopic (exact) mass is 420 g/mol. The number of benzene rings is 2. The van der Waals surface area contributed by atoms with Crippen molar-refractivity contribution in [3.8, 4) is 5.75 Å². The highest BCUT2D eigenvalue weighted by Gasteiger charge is 2.49. The molecule has 2 atom stereocenters. The van der Waals surface area contributed by atoms with E-state index < -0.39 is 27.2 Å². The molecule has 4 rings (SSSR count). The zero-order valence-electron chi connectivity index (χ0n) is 15.9. The average Bonchev–Trinajstić information content (AvgIpc) is 2.91. The van der Waals surface area contributed by atoms with Crippen molar-refractivity contribution in [1.29, 1.82) is 0 Å². The Balaban J connectivity index is 1.58. The fourth-order valence-corrected chi connectivity index (χ4v) is 6.04. The number of aromatic hydroxyl groups is 1. The first kappa shape index (κ1) is 19.8. The Labute approximate surface area is 168 Å². The number of likely N-dealkylation sites (tertiary alicyclic amines) is 1. The van der Waals surface area contributed by atoms with Crippen molar-refractivity contribution in [3.05, 3.63) is 71.1 Å². The molecule has 0 unspecified atom stereocenters. The Morgan fingerprint density at radius 3 is 2.69 bits per heavy atom. The van der Waals surface area contributed by atoms with Crippen LogP contribution >= 0.6 is 0 Å². The Morgan fingerprint density at radius 2 is 2.00 bits per heavy atom. The molecule has 0 aromatic heterocycles. The van der Waals surface area contributed by atoms with E-state index >= 15 is 0 Å². The SMILES string of the molecule is C[C@H]1C[C@@]2(C=CS(=O)(=O)N2c2cccc(F)c2)CCN1Cc1ccc(O)c(F)c1. The zero-order chi connectivity index (χ0) is 20.8. The molecule has 2 aromatic rings. The number of hydrogen-bond acceptors (Lipinski definition) is 4. The molecule has 0 radical (unpaired) electrons. The van der Waals surface area contributed by atoms with Gasteiger partial charge in [0.05, 0.1) is 11.2 Å². The molecule has 2 aliphatic heterocycles. The van der Waals surface area contributed by atoms with Crippen LogP contribution in [0, 0.1) is 11.6 Å². The van der Waals surface area contributed by atoms with Crippen LogP contribution in [0.5, 0.6) is 5.75 Å². The van der Waals surface area contributed by atoms with Crippen LogP contribution in [0.15, 0.2) is 53.9 Å². The number of halogens is 2. The van der Waals surface area contributed by atoms with Gasteiger partial charge in [0, 0.05) is 24.5 Å². The summed E-state index contributed by atoms with van der Waals surface area (Å²) in [6, 6.07) is 9.96. The van der Waals surface area contributed by atoms with E-state index in [1.165, 1.54) is 40.0 Å². The van der Waals surface area contributed by atoms with Gasteiger partial charge in [-0.1, -0.05) is 12.1 Å². The van der Waals surface area contributed by atoms with Crippen LogP contribution in [-0.2, 0) is 16.6 Å². The molecule has 1 fully saturated rings. The first-order chi connectivity index (χ1) is 13.7. The van der Waals surface area contributed by atoms with Crippen molar-refractivity contribution in [2.24, 2.45) is 0 Å². The highest BCUT2D eigenvalue weighted by Crippen LogP contribution is 2.43. The molecule has 1 saturated heterocycles. The molecular weight excluding hydrogens is 398 g/mol. The van der Waals surface area contributed by atoms with E-state index in [0.717, 1.165) is 5.56 Å². The van der Waals surface area contributed by atoms with E-state index in [1.54, 1.807) is 18.2 Å². The quantitative estimate of drug-likeness (QED) is 0.822. The maximum Gasteiger partial charge on any atom is 0.258 e. The molecule has 0 saturated carbocycles. The number of phenols is 1. The van der Waals surface area contributed by atoms with Gasteiger partial charge in [-0.15, -0.1) is 0 Å². The minimum Gasteiger partial charge on any atom is -0.505 e. The van der Waals surface area contributed by atoms with Crippen LogP contribution in [-0.4, -0.2) is 36.5 Å². The predicted molar refractivity (Wildman–Crippen MR) is 107 cm³/mol. The smallest absolute Gasteiger partial charge is 0.258 e. The summed E-state index contributed by atoms with van der Waals surface area (Å²) in [5.41, 5.74) is 0.305. The lowest BCUT2D eigenvalue weighted by atomic mass is 9.83. The Morgan fingerprint density at radius 1 is 1.21 bits per heavy atom. The van der Waals surface area contributed by atoms with E-state index in [9.17, 15) is 22.3 Å². The van der Waals surface area contributed by atoms with Crippen LogP contribution in [0.2, 0.25) is 0 Å². The largest absolute Gasteiger partial charge is 0.505 e. The van der Waals surface area contributed by atoms with Gasteiger partial charge in [0.1, 0.15) is 5.82 Å². The fourth-order valence-electron chi connectivity index (χ4n) is 4.36. The first-order valence-electron chi connectivity index (χ1n) is 9.42. The van der Waals surface area contributed by atoms with Gasteiger partial charge in [-0.25, -0.2) is 17.2 Å². The summed E-state index contributed by atoms with van der Waals surface area (Å²) in [6.45, 7) is 3.08. The molecule has 154 valence electrons. The number of phenolic OH excluding ortho intramolecular Hbond substituents is 1. The normalized spacial score (nSPS) is 26.3. The predicted octanol–water partition coefficient (Wildman–Crippen LogP) is 3.76. The molecule has 0 amide bonds. The molecule has 1 spiro atoms. The van der Waals surface area contributed by atoms with Gasteiger partial charge in [0.2, 0.25) is 0 Å². The number of anilines is 1. The van der Waals surface area contributed by atoms with Gasteiger partial charge in [-0.3, -0.25) is 9.21 Å². The van der Waals surface area contributed by atoms with E-state index in [2.05, 4.69) is 4.90 Å². The maximum atomic E-state index is 13.8. The molecule has 0 aliphatic carbocycles. The van der Waals surface area contributed by atoms with E-state index in [4.69, 9.17) is 0 Å². The van der Waals surface area contributed by atoms with Crippen molar-refractivity contribution in [3.63, 3.8) is 0 Å². The fraction of sp³-hybridized carbons (Fsp3) is 0.333. The number of rotatable bonds is 3. The number of hydrogen-bond donors (Lipinski definition) is 1. The van der Waals surface area contributed by atoms with Crippen molar-refractivity contribution in [2.75, 3.05) is 10.8 Å². The lowest BCUT2D eigenvalue weighted by Crippen LogP contribution is -2.56. The summed E-state index contributed by atoms with van der Waals surface area (Å²) >= 11 is 0. The summed E-state index contributed by atoms with van der Waals surface area (Å²) in [5.74, 6) is -1.53. The Hall–Kier alpha value is -2.45. The summed E-state index contributed by atoms with van der Waals surface area (Å²) in [4.78, 5) is 2.15. The van der Waals surface area contributed by atoms with Gasteiger partial charge >= 0.3 is 0 Å². The van der Waals surface area contributed by atoms with Crippen LogP contribution in [0.25, 0.3) is 0 Å². The van der Waals surface area contributed by atoms with E-state index in [-0.39, 0.29) is 11.8 Å². The van der Waals surface area contributed by atoms with E-state index in [1.807, 2.05) is 6.92 Å². The minimum atomic E-state index is -3.68. The van der Waals surface area contributed by atoms with Crippen molar-refractivity contribution in [2.45, 2.75) is 37.9 Å². The molecule has 2 aliphatic rings. The second-order valence-electron chi connectivity index (χ2n) is 7.75. The maximum absolute atomic E-state index is 13.8.